The Labute approximate surface area is 166 Å². The third-order valence-corrected chi connectivity index (χ3v) is 5.34. The van der Waals surface area contributed by atoms with Gasteiger partial charge in [0.05, 0.1) is 25.3 Å². The number of hydrogen-bond acceptors (Lipinski definition) is 5. The fraction of sp³-hybridized carbons (Fsp3) is 0.524. The van der Waals surface area contributed by atoms with Crippen molar-refractivity contribution in [1.29, 1.82) is 0 Å². The van der Waals surface area contributed by atoms with Gasteiger partial charge in [0.1, 0.15) is 5.75 Å². The number of methoxy groups -OCH3 is 1. The van der Waals surface area contributed by atoms with E-state index in [9.17, 15) is 9.59 Å². The lowest BCUT2D eigenvalue weighted by atomic mass is 9.94. The molecule has 1 atom stereocenters. The second-order valence-corrected chi connectivity index (χ2v) is 7.13. The maximum Gasteiger partial charge on any atom is 0.338 e. The van der Waals surface area contributed by atoms with E-state index in [4.69, 9.17) is 9.47 Å². The maximum atomic E-state index is 12.9. The molecule has 0 bridgehead atoms. The number of esters is 1. The van der Waals surface area contributed by atoms with Crippen LogP contribution in [0.2, 0.25) is 0 Å². The molecule has 28 heavy (non-hydrogen) atoms. The molecular weight excluding hydrogens is 358 g/mol. The van der Waals surface area contributed by atoms with Crippen molar-refractivity contribution < 1.29 is 19.1 Å². The summed E-state index contributed by atoms with van der Waals surface area (Å²) in [6.07, 6.45) is 3.50. The van der Waals surface area contributed by atoms with Crippen LogP contribution in [-0.4, -0.2) is 62.2 Å². The average Bonchev–Trinajstić information content (AvgIpc) is 2.72. The van der Waals surface area contributed by atoms with E-state index in [0.717, 1.165) is 37.2 Å². The summed E-state index contributed by atoms with van der Waals surface area (Å²) in [4.78, 5) is 29.4. The number of urea groups is 1. The Hall–Kier alpha value is -2.54. The van der Waals surface area contributed by atoms with Crippen LogP contribution in [0, 0.1) is 0 Å². The molecule has 0 radical (unpaired) electrons. The highest BCUT2D eigenvalue weighted by Crippen LogP contribution is 2.32. The number of carbonyl (C=O) groups is 2. The molecule has 0 saturated carbocycles. The number of likely N-dealkylation sites (tertiary alicyclic amines) is 1. The Morgan fingerprint density at radius 2 is 1.86 bits per heavy atom. The van der Waals surface area contributed by atoms with Crippen LogP contribution >= 0.6 is 0 Å². The van der Waals surface area contributed by atoms with Crippen molar-refractivity contribution in [2.24, 2.45) is 0 Å². The van der Waals surface area contributed by atoms with Crippen LogP contribution in [0.4, 0.5) is 4.79 Å². The summed E-state index contributed by atoms with van der Waals surface area (Å²) in [6.45, 7) is 4.58. The molecule has 152 valence electrons. The molecule has 1 saturated heterocycles. The minimum Gasteiger partial charge on any atom is -0.497 e. The molecular formula is C21H29N3O4. The Morgan fingerprint density at radius 1 is 1.18 bits per heavy atom. The summed E-state index contributed by atoms with van der Waals surface area (Å²) in [5.41, 5.74) is 2.03. The van der Waals surface area contributed by atoms with Gasteiger partial charge in [-0.3, -0.25) is 9.80 Å². The molecule has 1 aromatic rings. The summed E-state index contributed by atoms with van der Waals surface area (Å²) in [5.74, 6) is 0.334. The minimum absolute atomic E-state index is 0.221. The van der Waals surface area contributed by atoms with E-state index in [1.54, 1.807) is 26.0 Å². The van der Waals surface area contributed by atoms with Crippen LogP contribution in [0.5, 0.6) is 5.75 Å². The maximum absolute atomic E-state index is 12.9. The number of benzene rings is 1. The van der Waals surface area contributed by atoms with Gasteiger partial charge in [-0.2, -0.15) is 0 Å². The van der Waals surface area contributed by atoms with E-state index in [2.05, 4.69) is 10.2 Å². The smallest absolute Gasteiger partial charge is 0.338 e. The topological polar surface area (TPSA) is 71.1 Å². The second kappa shape index (κ2) is 9.10. The van der Waals surface area contributed by atoms with Crippen molar-refractivity contribution in [1.82, 2.24) is 15.1 Å². The Balaban J connectivity index is 2.02. The van der Waals surface area contributed by atoms with Gasteiger partial charge in [-0.25, -0.2) is 9.59 Å². The highest BCUT2D eigenvalue weighted by atomic mass is 16.5. The van der Waals surface area contributed by atoms with Gasteiger partial charge in [0.15, 0.2) is 0 Å². The van der Waals surface area contributed by atoms with Crippen LogP contribution < -0.4 is 10.1 Å². The number of likely N-dealkylation sites (N-methyl/N-ethyl adjacent to an activating group) is 1. The largest absolute Gasteiger partial charge is 0.497 e. The van der Waals surface area contributed by atoms with E-state index >= 15 is 0 Å². The average molecular weight is 387 g/mol. The van der Waals surface area contributed by atoms with E-state index in [1.165, 1.54) is 6.42 Å². The normalized spacial score (nSPS) is 20.8. The number of carbonyl (C=O) groups excluding carboxylic acids is 2. The standard InChI is InChI=1S/C21H29N3O4/c1-4-28-20(25)18-17(14-24-12-6-5-7-13-24)23(2)21(26)22-19(18)15-8-10-16(27-3)11-9-15/h8-11,19H,4-7,12-14H2,1-3H3,(H,22,26). The molecule has 0 aromatic heterocycles. The first kappa shape index (κ1) is 20.2. The highest BCUT2D eigenvalue weighted by Gasteiger charge is 2.37. The van der Waals surface area contributed by atoms with Gasteiger partial charge in [0, 0.05) is 19.3 Å². The molecule has 1 aromatic carbocycles. The van der Waals surface area contributed by atoms with Gasteiger partial charge in [-0.15, -0.1) is 0 Å². The molecule has 1 fully saturated rings. The predicted molar refractivity (Wildman–Crippen MR) is 106 cm³/mol. The minimum atomic E-state index is -0.548. The molecule has 7 heteroatoms. The zero-order chi connectivity index (χ0) is 20.1. The first-order valence-electron chi connectivity index (χ1n) is 9.85. The van der Waals surface area contributed by atoms with E-state index < -0.39 is 6.04 Å². The molecule has 1 unspecified atom stereocenters. The summed E-state index contributed by atoms with van der Waals surface area (Å²) in [6, 6.07) is 6.62. The second-order valence-electron chi connectivity index (χ2n) is 7.13. The van der Waals surface area contributed by atoms with Crippen LogP contribution in [0.1, 0.15) is 37.8 Å². The van der Waals surface area contributed by atoms with Crippen LogP contribution in [0.3, 0.4) is 0 Å². The molecule has 0 aliphatic carbocycles. The number of ether oxygens (including phenoxy) is 2. The van der Waals surface area contributed by atoms with Crippen molar-refractivity contribution >= 4 is 12.0 Å². The SMILES string of the molecule is CCOC(=O)C1=C(CN2CCCCC2)N(C)C(=O)NC1c1ccc(OC)cc1. The zero-order valence-electron chi connectivity index (χ0n) is 16.9. The molecule has 2 amide bonds. The van der Waals surface area contributed by atoms with E-state index in [1.807, 2.05) is 24.3 Å². The first-order chi connectivity index (χ1) is 13.5. The third-order valence-electron chi connectivity index (χ3n) is 5.34. The van der Waals surface area contributed by atoms with Crippen molar-refractivity contribution in [2.75, 3.05) is 40.4 Å². The summed E-state index contributed by atoms with van der Waals surface area (Å²) < 4.78 is 10.6. The Kier molecular flexibility index (Phi) is 6.57. The quantitative estimate of drug-likeness (QED) is 0.760. The monoisotopic (exact) mass is 387 g/mol. The number of rotatable bonds is 6. The van der Waals surface area contributed by atoms with E-state index in [0.29, 0.717) is 17.8 Å². The Morgan fingerprint density at radius 3 is 2.46 bits per heavy atom. The number of hydrogen-bond donors (Lipinski definition) is 1. The summed E-state index contributed by atoms with van der Waals surface area (Å²) in [5, 5.41) is 2.95. The van der Waals surface area contributed by atoms with Crippen molar-refractivity contribution in [3.05, 3.63) is 41.1 Å². The predicted octanol–water partition coefficient (Wildman–Crippen LogP) is 2.69. The molecule has 1 N–H and O–H groups in total. The van der Waals surface area contributed by atoms with Gasteiger partial charge < -0.3 is 14.8 Å². The molecule has 0 spiro atoms. The van der Waals surface area contributed by atoms with Crippen molar-refractivity contribution in [3.63, 3.8) is 0 Å². The third kappa shape index (κ3) is 4.30. The van der Waals surface area contributed by atoms with Crippen LogP contribution in [0.25, 0.3) is 0 Å². The van der Waals surface area contributed by atoms with Gasteiger partial charge in [-0.05, 0) is 50.6 Å². The molecule has 2 heterocycles. The number of nitrogens with zero attached hydrogens (tertiary/aromatic N) is 2. The van der Waals surface area contributed by atoms with Gasteiger partial charge in [-0.1, -0.05) is 18.6 Å². The number of piperidine rings is 1. The fourth-order valence-corrected chi connectivity index (χ4v) is 3.77. The molecule has 2 aliphatic rings. The summed E-state index contributed by atoms with van der Waals surface area (Å²) >= 11 is 0. The van der Waals surface area contributed by atoms with Crippen LogP contribution in [0.15, 0.2) is 35.5 Å². The van der Waals surface area contributed by atoms with Crippen molar-refractivity contribution in [3.8, 4) is 5.75 Å². The van der Waals surface area contributed by atoms with E-state index in [-0.39, 0.29) is 18.6 Å². The highest BCUT2D eigenvalue weighted by molar-refractivity contribution is 5.95. The van der Waals surface area contributed by atoms with Crippen molar-refractivity contribution in [2.45, 2.75) is 32.2 Å². The van der Waals surface area contributed by atoms with Gasteiger partial charge in [0.2, 0.25) is 0 Å². The lowest BCUT2D eigenvalue weighted by Gasteiger charge is -2.37. The van der Waals surface area contributed by atoms with Gasteiger partial charge in [0.25, 0.3) is 0 Å². The van der Waals surface area contributed by atoms with Crippen LogP contribution in [-0.2, 0) is 9.53 Å². The first-order valence-corrected chi connectivity index (χ1v) is 9.85. The molecule has 7 nitrogen and oxygen atoms in total. The Bertz CT molecular complexity index is 739. The zero-order valence-corrected chi connectivity index (χ0v) is 16.9. The molecule has 3 rings (SSSR count). The molecule has 2 aliphatic heterocycles. The lowest BCUT2D eigenvalue weighted by molar-refractivity contribution is -0.139. The fourth-order valence-electron chi connectivity index (χ4n) is 3.77. The number of nitrogens with one attached hydrogen (secondary N) is 1. The summed E-state index contributed by atoms with van der Waals surface area (Å²) in [7, 11) is 3.31. The number of amides is 2. The lowest BCUT2D eigenvalue weighted by Crippen LogP contribution is -2.49. The van der Waals surface area contributed by atoms with Gasteiger partial charge >= 0.3 is 12.0 Å².